The molecule has 0 bridgehead atoms. The smallest absolute Gasteiger partial charge is 0.322 e. The number of nitrogens with zero attached hydrogens (tertiary/aromatic N) is 1. The van der Waals surface area contributed by atoms with Gasteiger partial charge in [0.2, 0.25) is 0 Å². The normalized spacial score (nSPS) is 10.8. The first-order valence-electron chi connectivity index (χ1n) is 6.06. The van der Waals surface area contributed by atoms with Gasteiger partial charge in [0.15, 0.2) is 11.5 Å². The van der Waals surface area contributed by atoms with E-state index >= 15 is 0 Å². The molecule has 0 spiro atoms. The van der Waals surface area contributed by atoms with Crippen molar-refractivity contribution < 1.29 is 14.3 Å². The van der Waals surface area contributed by atoms with Gasteiger partial charge in [-0.1, -0.05) is 0 Å². The number of methoxy groups -OCH3 is 2. The van der Waals surface area contributed by atoms with Gasteiger partial charge in [0.05, 0.1) is 14.2 Å². The maximum Gasteiger partial charge on any atom is 0.322 e. The van der Waals surface area contributed by atoms with Gasteiger partial charge in [-0.05, 0) is 32.9 Å². The Kier molecular flexibility index (Phi) is 4.64. The van der Waals surface area contributed by atoms with Crippen LogP contribution in [-0.2, 0) is 0 Å². The van der Waals surface area contributed by atoms with Crippen LogP contribution in [0.1, 0.15) is 20.8 Å². The molecule has 5 heteroatoms. The molecule has 0 heterocycles. The number of ether oxygens (including phenoxy) is 2. The molecule has 0 fully saturated rings. The fraction of sp³-hybridized carbons (Fsp3) is 0.500. The maximum absolute atomic E-state index is 12.1. The lowest BCUT2D eigenvalue weighted by Gasteiger charge is -2.26. The number of benzene rings is 1. The second-order valence-corrected chi connectivity index (χ2v) is 5.28. The summed E-state index contributed by atoms with van der Waals surface area (Å²) in [6.45, 7) is 5.81. The second-order valence-electron chi connectivity index (χ2n) is 5.28. The van der Waals surface area contributed by atoms with Crippen molar-refractivity contribution in [2.75, 3.05) is 26.2 Å². The number of rotatable bonds is 3. The number of carbonyl (C=O) groups is 1. The lowest BCUT2D eigenvalue weighted by molar-refractivity contribution is 0.239. The van der Waals surface area contributed by atoms with Crippen molar-refractivity contribution >= 4 is 11.7 Å². The number of hydrogen-bond donors (Lipinski definition) is 1. The van der Waals surface area contributed by atoms with Gasteiger partial charge in [0.25, 0.3) is 0 Å². The molecule has 0 aliphatic rings. The van der Waals surface area contributed by atoms with Gasteiger partial charge in [-0.2, -0.15) is 0 Å². The van der Waals surface area contributed by atoms with Crippen LogP contribution in [0.25, 0.3) is 0 Å². The predicted octanol–water partition coefficient (Wildman–Crippen LogP) is 2.65. The van der Waals surface area contributed by atoms with E-state index in [-0.39, 0.29) is 11.6 Å². The highest BCUT2D eigenvalue weighted by Gasteiger charge is 2.18. The highest BCUT2D eigenvalue weighted by atomic mass is 16.5. The van der Waals surface area contributed by atoms with Crippen molar-refractivity contribution in [2.24, 2.45) is 0 Å². The molecule has 106 valence electrons. The summed E-state index contributed by atoms with van der Waals surface area (Å²) in [5, 5.41) is 2.90. The molecule has 0 aliphatic heterocycles. The molecule has 0 saturated carbocycles. The lowest BCUT2D eigenvalue weighted by atomic mass is 10.1. The first kappa shape index (κ1) is 15.1. The third-order valence-electron chi connectivity index (χ3n) is 2.54. The van der Waals surface area contributed by atoms with Crippen LogP contribution in [0, 0.1) is 0 Å². The molecule has 0 saturated heterocycles. The Morgan fingerprint density at radius 2 is 1.74 bits per heavy atom. The average Bonchev–Trinajstić information content (AvgIpc) is 2.34. The van der Waals surface area contributed by atoms with E-state index < -0.39 is 0 Å². The molecule has 0 aliphatic carbocycles. The topological polar surface area (TPSA) is 50.8 Å². The van der Waals surface area contributed by atoms with Crippen molar-refractivity contribution in [3.8, 4) is 11.5 Å². The zero-order chi connectivity index (χ0) is 14.6. The second kappa shape index (κ2) is 5.82. The molecule has 2 amide bonds. The molecule has 0 aromatic heterocycles. The van der Waals surface area contributed by atoms with Crippen LogP contribution >= 0.6 is 0 Å². The Labute approximate surface area is 114 Å². The SMILES string of the molecule is COc1ccc(N(C)C(=O)NC(C)(C)C)cc1OC. The van der Waals surface area contributed by atoms with Crippen molar-refractivity contribution in [1.29, 1.82) is 0 Å². The standard InChI is InChI=1S/C14H22N2O3/c1-14(2,3)15-13(17)16(4)10-7-8-11(18-5)12(9-10)19-6/h7-9H,1-6H3,(H,15,17). The maximum atomic E-state index is 12.1. The molecule has 1 N–H and O–H groups in total. The Morgan fingerprint density at radius 1 is 1.16 bits per heavy atom. The van der Waals surface area contributed by atoms with Crippen molar-refractivity contribution in [2.45, 2.75) is 26.3 Å². The molecule has 0 atom stereocenters. The van der Waals surface area contributed by atoms with E-state index in [1.165, 1.54) is 4.90 Å². The zero-order valence-electron chi connectivity index (χ0n) is 12.4. The van der Waals surface area contributed by atoms with Crippen LogP contribution in [0.15, 0.2) is 18.2 Å². The third-order valence-corrected chi connectivity index (χ3v) is 2.54. The van der Waals surface area contributed by atoms with E-state index in [1.807, 2.05) is 26.8 Å². The summed E-state index contributed by atoms with van der Waals surface area (Å²) in [5.41, 5.74) is 0.460. The lowest BCUT2D eigenvalue weighted by Crippen LogP contribution is -2.47. The largest absolute Gasteiger partial charge is 0.493 e. The highest BCUT2D eigenvalue weighted by molar-refractivity contribution is 5.92. The van der Waals surface area contributed by atoms with E-state index in [0.29, 0.717) is 11.5 Å². The number of carbonyl (C=O) groups excluding carboxylic acids is 1. The molecule has 5 nitrogen and oxygen atoms in total. The fourth-order valence-electron chi connectivity index (χ4n) is 1.56. The van der Waals surface area contributed by atoms with Gasteiger partial charge < -0.3 is 14.8 Å². The number of amides is 2. The summed E-state index contributed by atoms with van der Waals surface area (Å²) in [4.78, 5) is 13.6. The first-order chi connectivity index (χ1) is 8.78. The minimum Gasteiger partial charge on any atom is -0.493 e. The monoisotopic (exact) mass is 266 g/mol. The summed E-state index contributed by atoms with van der Waals surface area (Å²) in [6, 6.07) is 5.18. The van der Waals surface area contributed by atoms with Gasteiger partial charge >= 0.3 is 6.03 Å². The molecule has 19 heavy (non-hydrogen) atoms. The van der Waals surface area contributed by atoms with Crippen LogP contribution in [-0.4, -0.2) is 32.8 Å². The summed E-state index contributed by atoms with van der Waals surface area (Å²) >= 11 is 0. The Balaban J connectivity index is 2.94. The van der Waals surface area contributed by atoms with E-state index in [0.717, 1.165) is 5.69 Å². The van der Waals surface area contributed by atoms with Crippen LogP contribution in [0.3, 0.4) is 0 Å². The minimum atomic E-state index is -0.276. The summed E-state index contributed by atoms with van der Waals surface area (Å²) in [6.07, 6.45) is 0. The molecule has 1 rings (SSSR count). The van der Waals surface area contributed by atoms with Crippen LogP contribution < -0.4 is 19.7 Å². The minimum absolute atomic E-state index is 0.167. The predicted molar refractivity (Wildman–Crippen MR) is 76.2 cm³/mol. The van der Waals surface area contributed by atoms with Crippen molar-refractivity contribution in [3.05, 3.63) is 18.2 Å². The fourth-order valence-corrected chi connectivity index (χ4v) is 1.56. The van der Waals surface area contributed by atoms with E-state index in [1.54, 1.807) is 33.4 Å². The summed E-state index contributed by atoms with van der Waals surface area (Å²) in [7, 11) is 4.85. The molecule has 1 aromatic rings. The average molecular weight is 266 g/mol. The Morgan fingerprint density at radius 3 is 2.21 bits per heavy atom. The number of anilines is 1. The molecular formula is C14H22N2O3. The van der Waals surface area contributed by atoms with E-state index in [4.69, 9.17) is 9.47 Å². The van der Waals surface area contributed by atoms with E-state index in [2.05, 4.69) is 5.32 Å². The number of nitrogens with one attached hydrogen (secondary N) is 1. The van der Waals surface area contributed by atoms with Crippen LogP contribution in [0.5, 0.6) is 11.5 Å². The molecule has 0 radical (unpaired) electrons. The summed E-state index contributed by atoms with van der Waals surface area (Å²) < 4.78 is 10.4. The number of urea groups is 1. The zero-order valence-corrected chi connectivity index (χ0v) is 12.4. The first-order valence-corrected chi connectivity index (χ1v) is 6.06. The number of hydrogen-bond acceptors (Lipinski definition) is 3. The third kappa shape index (κ3) is 4.05. The summed E-state index contributed by atoms with van der Waals surface area (Å²) in [5.74, 6) is 1.23. The Bertz CT molecular complexity index is 452. The van der Waals surface area contributed by atoms with Gasteiger partial charge in [0, 0.05) is 24.3 Å². The van der Waals surface area contributed by atoms with Gasteiger partial charge in [-0.25, -0.2) is 4.79 Å². The molecular weight excluding hydrogens is 244 g/mol. The van der Waals surface area contributed by atoms with Crippen LogP contribution in [0.2, 0.25) is 0 Å². The highest BCUT2D eigenvalue weighted by Crippen LogP contribution is 2.31. The van der Waals surface area contributed by atoms with Gasteiger partial charge in [-0.3, -0.25) is 4.90 Å². The van der Waals surface area contributed by atoms with Crippen molar-refractivity contribution in [3.63, 3.8) is 0 Å². The van der Waals surface area contributed by atoms with Crippen molar-refractivity contribution in [1.82, 2.24) is 5.32 Å². The quantitative estimate of drug-likeness (QED) is 0.915. The molecule has 0 unspecified atom stereocenters. The van der Waals surface area contributed by atoms with Crippen LogP contribution in [0.4, 0.5) is 10.5 Å². The molecule has 1 aromatic carbocycles. The van der Waals surface area contributed by atoms with Gasteiger partial charge in [0.1, 0.15) is 0 Å². The van der Waals surface area contributed by atoms with Gasteiger partial charge in [-0.15, -0.1) is 0 Å². The van der Waals surface area contributed by atoms with E-state index in [9.17, 15) is 4.79 Å². The Hall–Kier alpha value is -1.91.